The van der Waals surface area contributed by atoms with Crippen LogP contribution in [0.15, 0.2) is 48.5 Å². The Hall–Kier alpha value is -1.84. The van der Waals surface area contributed by atoms with Crippen molar-refractivity contribution in [2.75, 3.05) is 32.2 Å². The number of nitrogens with zero attached hydrogens (tertiary/aromatic N) is 1. The molecule has 1 saturated heterocycles. The topological polar surface area (TPSA) is 21.7 Å². The molecule has 2 aliphatic carbocycles. The minimum absolute atomic E-state index is 0.0701. The summed E-state index contributed by atoms with van der Waals surface area (Å²) in [6.07, 6.45) is 9.06. The zero-order valence-electron chi connectivity index (χ0n) is 19.1. The summed E-state index contributed by atoms with van der Waals surface area (Å²) in [6.45, 7) is 2.15. The maximum atomic E-state index is 5.49. The molecule has 2 fully saturated rings. The molecule has 1 saturated carbocycles. The second-order valence-electron chi connectivity index (χ2n) is 9.83. The van der Waals surface area contributed by atoms with Crippen molar-refractivity contribution in [1.82, 2.24) is 0 Å². The third-order valence-electron chi connectivity index (χ3n) is 8.33. The summed E-state index contributed by atoms with van der Waals surface area (Å²) in [7, 11) is 3.50. The van der Waals surface area contributed by atoms with Crippen LogP contribution in [0.2, 0.25) is 0 Å². The molecule has 2 aromatic carbocycles. The number of methoxy groups -OCH3 is 2. The van der Waals surface area contributed by atoms with Gasteiger partial charge in [0.15, 0.2) is 6.29 Å². The van der Waals surface area contributed by atoms with E-state index in [-0.39, 0.29) is 6.29 Å². The summed E-state index contributed by atoms with van der Waals surface area (Å²) in [5.74, 6) is 2.79. The summed E-state index contributed by atoms with van der Waals surface area (Å²) in [5.41, 5.74) is 6.03. The van der Waals surface area contributed by atoms with E-state index < -0.39 is 0 Å². The summed E-state index contributed by atoms with van der Waals surface area (Å²) < 4.78 is 11.0. The van der Waals surface area contributed by atoms with Gasteiger partial charge in [-0.05, 0) is 66.3 Å². The van der Waals surface area contributed by atoms with Gasteiger partial charge in [0.25, 0.3) is 0 Å². The van der Waals surface area contributed by atoms with E-state index in [2.05, 4.69) is 53.4 Å². The Kier molecular flexibility index (Phi) is 6.34. The van der Waals surface area contributed by atoms with Gasteiger partial charge in [0.1, 0.15) is 0 Å². The molecule has 0 bridgehead atoms. The van der Waals surface area contributed by atoms with Crippen molar-refractivity contribution in [3.63, 3.8) is 0 Å². The Morgan fingerprint density at radius 1 is 0.839 bits per heavy atom. The lowest BCUT2D eigenvalue weighted by Gasteiger charge is -2.43. The second kappa shape index (κ2) is 9.34. The van der Waals surface area contributed by atoms with Crippen LogP contribution in [0.4, 0.5) is 5.69 Å². The average Bonchev–Trinajstić information content (AvgIpc) is 2.79. The van der Waals surface area contributed by atoms with Gasteiger partial charge in [-0.1, -0.05) is 55.7 Å². The number of anilines is 1. The zero-order valence-corrected chi connectivity index (χ0v) is 19.1. The first-order valence-electron chi connectivity index (χ1n) is 12.3. The van der Waals surface area contributed by atoms with Gasteiger partial charge in [-0.3, -0.25) is 0 Å². The molecule has 0 unspecified atom stereocenters. The van der Waals surface area contributed by atoms with Gasteiger partial charge in [-0.25, -0.2) is 0 Å². The average molecular weight is 420 g/mol. The van der Waals surface area contributed by atoms with Crippen molar-refractivity contribution < 1.29 is 9.47 Å². The Morgan fingerprint density at radius 2 is 1.55 bits per heavy atom. The van der Waals surface area contributed by atoms with Crippen molar-refractivity contribution in [2.24, 2.45) is 17.8 Å². The molecule has 0 spiro atoms. The quantitative estimate of drug-likeness (QED) is 0.535. The van der Waals surface area contributed by atoms with Crippen LogP contribution in [0.3, 0.4) is 0 Å². The highest BCUT2D eigenvalue weighted by molar-refractivity contribution is 5.50. The van der Waals surface area contributed by atoms with E-state index in [1.165, 1.54) is 43.4 Å². The first-order chi connectivity index (χ1) is 15.3. The maximum Gasteiger partial charge on any atom is 0.159 e. The van der Waals surface area contributed by atoms with E-state index in [4.69, 9.17) is 9.47 Å². The molecular formula is C28H37NO2. The van der Waals surface area contributed by atoms with Crippen LogP contribution in [-0.4, -0.2) is 33.6 Å². The number of aryl methyl sites for hydroxylation is 1. The lowest BCUT2D eigenvalue weighted by molar-refractivity contribution is -0.141. The highest BCUT2D eigenvalue weighted by Crippen LogP contribution is 2.49. The van der Waals surface area contributed by atoms with Crippen LogP contribution < -0.4 is 4.90 Å². The smallest absolute Gasteiger partial charge is 0.159 e. The lowest BCUT2D eigenvalue weighted by Crippen LogP contribution is -2.39. The van der Waals surface area contributed by atoms with Crippen LogP contribution in [-0.2, 0) is 15.9 Å². The molecule has 5 rings (SSSR count). The highest BCUT2D eigenvalue weighted by Gasteiger charge is 2.38. The highest BCUT2D eigenvalue weighted by atomic mass is 16.7. The monoisotopic (exact) mass is 419 g/mol. The third-order valence-corrected chi connectivity index (χ3v) is 8.33. The molecule has 3 aliphatic rings. The number of fused-ring (bicyclic) bond motifs is 1. The molecule has 0 aromatic heterocycles. The fraction of sp³-hybridized carbons (Fsp3) is 0.571. The van der Waals surface area contributed by atoms with E-state index >= 15 is 0 Å². The van der Waals surface area contributed by atoms with Gasteiger partial charge in [0.2, 0.25) is 0 Å². The molecule has 1 aliphatic heterocycles. The van der Waals surface area contributed by atoms with Crippen LogP contribution in [0.25, 0.3) is 0 Å². The first-order valence-corrected chi connectivity index (χ1v) is 12.3. The fourth-order valence-corrected chi connectivity index (χ4v) is 6.39. The third kappa shape index (κ3) is 4.15. The predicted octanol–water partition coefficient (Wildman–Crippen LogP) is 6.02. The van der Waals surface area contributed by atoms with Gasteiger partial charge in [-0.15, -0.1) is 0 Å². The summed E-state index contributed by atoms with van der Waals surface area (Å²) >= 11 is 0. The van der Waals surface area contributed by atoms with Gasteiger partial charge in [-0.2, -0.15) is 0 Å². The van der Waals surface area contributed by atoms with Crippen LogP contribution in [0, 0.1) is 17.8 Å². The van der Waals surface area contributed by atoms with Gasteiger partial charge >= 0.3 is 0 Å². The van der Waals surface area contributed by atoms with Crippen molar-refractivity contribution in [1.29, 1.82) is 0 Å². The van der Waals surface area contributed by atoms with Gasteiger partial charge < -0.3 is 14.4 Å². The van der Waals surface area contributed by atoms with E-state index in [9.17, 15) is 0 Å². The fourth-order valence-electron chi connectivity index (χ4n) is 6.39. The van der Waals surface area contributed by atoms with Crippen LogP contribution >= 0.6 is 0 Å². The van der Waals surface area contributed by atoms with Gasteiger partial charge in [0.05, 0.1) is 0 Å². The molecule has 0 radical (unpaired) electrons. The summed E-state index contributed by atoms with van der Waals surface area (Å²) in [4.78, 5) is 2.53. The Balaban J connectivity index is 1.33. The number of benzene rings is 2. The van der Waals surface area contributed by atoms with Gasteiger partial charge in [0, 0.05) is 44.8 Å². The van der Waals surface area contributed by atoms with E-state index in [1.807, 2.05) is 0 Å². The van der Waals surface area contributed by atoms with E-state index in [0.717, 1.165) is 37.8 Å². The number of hydrogen-bond donors (Lipinski definition) is 0. The molecule has 0 N–H and O–H groups in total. The zero-order chi connectivity index (χ0) is 21.2. The molecule has 3 nitrogen and oxygen atoms in total. The molecule has 3 heteroatoms. The predicted molar refractivity (Wildman–Crippen MR) is 127 cm³/mol. The molecule has 2 atom stereocenters. The van der Waals surface area contributed by atoms with Crippen molar-refractivity contribution in [2.45, 2.75) is 57.2 Å². The summed E-state index contributed by atoms with van der Waals surface area (Å²) in [6, 6.07) is 18.8. The lowest BCUT2D eigenvalue weighted by atomic mass is 9.62. The molecule has 166 valence electrons. The molecular weight excluding hydrogens is 382 g/mol. The molecule has 2 aromatic rings. The number of rotatable bonds is 6. The van der Waals surface area contributed by atoms with Crippen molar-refractivity contribution >= 4 is 5.69 Å². The Labute approximate surface area is 187 Å². The normalized spacial score (nSPS) is 24.8. The molecule has 0 amide bonds. The minimum atomic E-state index is -0.0701. The minimum Gasteiger partial charge on any atom is -0.372 e. The van der Waals surface area contributed by atoms with Crippen molar-refractivity contribution in [3.05, 3.63) is 65.2 Å². The standard InChI is InChI=1S/C28H37NO2/c1-30-28(31-2)23-16-18-29(19-17-23)24-13-10-22(11-14-24)27-25-9-4-3-6-21(25)12-15-26(27)20-7-5-8-20/h3-4,6,9-11,13-14,20,23,26-28H,5,7-8,12,15-19H2,1-2H3/t26-,27-/m1/s1. The van der Waals surface area contributed by atoms with Crippen LogP contribution in [0.5, 0.6) is 0 Å². The number of ether oxygens (including phenoxy) is 2. The van der Waals surface area contributed by atoms with E-state index in [1.54, 1.807) is 25.3 Å². The molecule has 1 heterocycles. The van der Waals surface area contributed by atoms with Crippen molar-refractivity contribution in [3.8, 4) is 0 Å². The number of hydrogen-bond acceptors (Lipinski definition) is 3. The SMILES string of the molecule is COC(OC)C1CCN(c2ccc([C@@H]3c4ccccc4CC[C@@H]3C3CCC3)cc2)CC1. The summed E-state index contributed by atoms with van der Waals surface area (Å²) in [5, 5.41) is 0. The van der Waals surface area contributed by atoms with E-state index in [0.29, 0.717) is 11.8 Å². The van der Waals surface area contributed by atoms with Crippen LogP contribution in [0.1, 0.15) is 61.1 Å². The maximum absolute atomic E-state index is 5.49. The second-order valence-corrected chi connectivity index (χ2v) is 9.83. The Bertz CT molecular complexity index is 848. The number of piperidine rings is 1. The largest absolute Gasteiger partial charge is 0.372 e. The first kappa shape index (κ1) is 21.0. The molecule has 31 heavy (non-hydrogen) atoms. The Morgan fingerprint density at radius 3 is 2.19 bits per heavy atom.